The molecule has 0 aromatic heterocycles. The molecule has 0 spiro atoms. The summed E-state index contributed by atoms with van der Waals surface area (Å²) >= 11 is 12.0. The van der Waals surface area contributed by atoms with Crippen molar-refractivity contribution in [3.8, 4) is 0 Å². The van der Waals surface area contributed by atoms with E-state index in [2.05, 4.69) is 6.08 Å². The summed E-state index contributed by atoms with van der Waals surface area (Å²) in [5.41, 5.74) is 3.26. The van der Waals surface area contributed by atoms with E-state index in [1.165, 1.54) is 0 Å². The summed E-state index contributed by atoms with van der Waals surface area (Å²) in [6, 6.07) is 15.6. The molecule has 1 fully saturated rings. The Kier molecular flexibility index (Phi) is 5.16. The van der Waals surface area contributed by atoms with Crippen LogP contribution in [-0.2, 0) is 9.47 Å². The van der Waals surface area contributed by atoms with Crippen LogP contribution in [0.25, 0.3) is 5.57 Å². The fourth-order valence-electron chi connectivity index (χ4n) is 2.41. The van der Waals surface area contributed by atoms with Gasteiger partial charge in [0.15, 0.2) is 0 Å². The topological polar surface area (TPSA) is 18.5 Å². The molecule has 1 aliphatic heterocycles. The van der Waals surface area contributed by atoms with Crippen LogP contribution in [0.15, 0.2) is 54.6 Å². The van der Waals surface area contributed by atoms with E-state index < -0.39 is 0 Å². The van der Waals surface area contributed by atoms with Gasteiger partial charge in [-0.2, -0.15) is 0 Å². The largest absolute Gasteiger partial charge is 0.376 e. The lowest BCUT2D eigenvalue weighted by atomic mass is 9.96. The van der Waals surface area contributed by atoms with Crippen molar-refractivity contribution >= 4 is 28.8 Å². The third kappa shape index (κ3) is 3.90. The first kappa shape index (κ1) is 15.6. The van der Waals surface area contributed by atoms with Gasteiger partial charge in [-0.05, 0) is 47.0 Å². The van der Waals surface area contributed by atoms with Crippen LogP contribution in [0.1, 0.15) is 11.1 Å². The minimum absolute atomic E-state index is 0.0462. The van der Waals surface area contributed by atoms with Gasteiger partial charge in [0, 0.05) is 10.0 Å². The third-order valence-corrected chi connectivity index (χ3v) is 4.01. The molecule has 114 valence electrons. The first-order valence-electron chi connectivity index (χ1n) is 7.15. The molecule has 0 aliphatic carbocycles. The van der Waals surface area contributed by atoms with E-state index in [-0.39, 0.29) is 6.10 Å². The summed E-state index contributed by atoms with van der Waals surface area (Å²) < 4.78 is 11.2. The zero-order valence-electron chi connectivity index (χ0n) is 12.0. The monoisotopic (exact) mass is 334 g/mol. The van der Waals surface area contributed by atoms with Gasteiger partial charge in [0.1, 0.15) is 0 Å². The lowest BCUT2D eigenvalue weighted by Gasteiger charge is -2.22. The van der Waals surface area contributed by atoms with E-state index in [1.54, 1.807) is 0 Å². The molecule has 4 heteroatoms. The van der Waals surface area contributed by atoms with Crippen molar-refractivity contribution in [3.05, 3.63) is 75.8 Å². The molecular formula is C18H16Cl2O2. The van der Waals surface area contributed by atoms with E-state index >= 15 is 0 Å². The molecule has 2 nitrogen and oxygen atoms in total. The molecule has 3 rings (SSSR count). The van der Waals surface area contributed by atoms with Gasteiger partial charge in [-0.1, -0.05) is 47.5 Å². The highest BCUT2D eigenvalue weighted by Crippen LogP contribution is 2.27. The van der Waals surface area contributed by atoms with Crippen LogP contribution < -0.4 is 0 Å². The zero-order chi connectivity index (χ0) is 15.4. The highest BCUT2D eigenvalue weighted by atomic mass is 35.5. The molecule has 0 bridgehead atoms. The second kappa shape index (κ2) is 7.30. The Hall–Kier alpha value is -1.32. The second-order valence-electron chi connectivity index (χ2n) is 5.08. The Morgan fingerprint density at radius 2 is 1.41 bits per heavy atom. The van der Waals surface area contributed by atoms with Crippen molar-refractivity contribution in [1.29, 1.82) is 0 Å². The van der Waals surface area contributed by atoms with Gasteiger partial charge in [0.05, 0.1) is 25.9 Å². The van der Waals surface area contributed by atoms with Crippen molar-refractivity contribution in [2.75, 3.05) is 19.8 Å². The molecule has 0 saturated carbocycles. The predicted molar refractivity (Wildman–Crippen MR) is 90.5 cm³/mol. The lowest BCUT2D eigenvalue weighted by Crippen LogP contribution is -2.27. The zero-order valence-corrected chi connectivity index (χ0v) is 13.5. The van der Waals surface area contributed by atoms with Crippen molar-refractivity contribution in [2.24, 2.45) is 0 Å². The van der Waals surface area contributed by atoms with E-state index in [0.717, 1.165) is 26.7 Å². The summed E-state index contributed by atoms with van der Waals surface area (Å²) in [6.45, 7) is 1.85. The maximum absolute atomic E-state index is 5.99. The predicted octanol–water partition coefficient (Wildman–Crippen LogP) is 4.84. The SMILES string of the molecule is Clc1ccc(C(=CC2COCCO2)c2ccc(Cl)cc2)cc1. The number of rotatable bonds is 3. The highest BCUT2D eigenvalue weighted by Gasteiger charge is 2.14. The van der Waals surface area contributed by atoms with Gasteiger partial charge in [-0.25, -0.2) is 0 Å². The minimum atomic E-state index is -0.0462. The summed E-state index contributed by atoms with van der Waals surface area (Å²) in [4.78, 5) is 0. The molecule has 0 radical (unpaired) electrons. The summed E-state index contributed by atoms with van der Waals surface area (Å²) in [5.74, 6) is 0. The Morgan fingerprint density at radius 1 is 0.864 bits per heavy atom. The van der Waals surface area contributed by atoms with Gasteiger partial charge in [-0.15, -0.1) is 0 Å². The van der Waals surface area contributed by atoms with Crippen LogP contribution in [0.4, 0.5) is 0 Å². The molecule has 2 aromatic carbocycles. The number of ether oxygens (including phenoxy) is 2. The number of benzene rings is 2. The average Bonchev–Trinajstić information content (AvgIpc) is 2.56. The minimum Gasteiger partial charge on any atom is -0.376 e. The van der Waals surface area contributed by atoms with E-state index in [9.17, 15) is 0 Å². The van der Waals surface area contributed by atoms with Crippen LogP contribution in [0.5, 0.6) is 0 Å². The van der Waals surface area contributed by atoms with Crippen molar-refractivity contribution in [1.82, 2.24) is 0 Å². The smallest absolute Gasteiger partial charge is 0.0999 e. The van der Waals surface area contributed by atoms with Crippen LogP contribution in [-0.4, -0.2) is 25.9 Å². The van der Waals surface area contributed by atoms with Crippen LogP contribution in [0.2, 0.25) is 10.0 Å². The van der Waals surface area contributed by atoms with Gasteiger partial charge in [-0.3, -0.25) is 0 Å². The molecule has 1 saturated heterocycles. The summed E-state index contributed by atoms with van der Waals surface area (Å²) in [5, 5.41) is 1.44. The quantitative estimate of drug-likeness (QED) is 0.799. The van der Waals surface area contributed by atoms with Crippen LogP contribution in [0.3, 0.4) is 0 Å². The van der Waals surface area contributed by atoms with Crippen molar-refractivity contribution in [3.63, 3.8) is 0 Å². The van der Waals surface area contributed by atoms with E-state index in [4.69, 9.17) is 32.7 Å². The maximum Gasteiger partial charge on any atom is 0.0999 e. The summed E-state index contributed by atoms with van der Waals surface area (Å²) in [6.07, 6.45) is 2.06. The molecule has 1 atom stereocenters. The molecule has 1 heterocycles. The maximum atomic E-state index is 5.99. The van der Waals surface area contributed by atoms with Crippen molar-refractivity contribution < 1.29 is 9.47 Å². The normalized spacial score (nSPS) is 18.0. The van der Waals surface area contributed by atoms with Gasteiger partial charge in [0.25, 0.3) is 0 Å². The van der Waals surface area contributed by atoms with E-state index in [1.807, 2.05) is 48.5 Å². The van der Waals surface area contributed by atoms with Crippen LogP contribution >= 0.6 is 23.2 Å². The molecule has 0 amide bonds. The molecule has 1 unspecified atom stereocenters. The summed E-state index contributed by atoms with van der Waals surface area (Å²) in [7, 11) is 0. The van der Waals surface area contributed by atoms with E-state index in [0.29, 0.717) is 19.8 Å². The molecular weight excluding hydrogens is 319 g/mol. The number of hydrogen-bond acceptors (Lipinski definition) is 2. The first-order chi connectivity index (χ1) is 10.7. The molecule has 2 aromatic rings. The highest BCUT2D eigenvalue weighted by molar-refractivity contribution is 6.31. The van der Waals surface area contributed by atoms with Gasteiger partial charge < -0.3 is 9.47 Å². The Morgan fingerprint density at radius 3 is 1.86 bits per heavy atom. The lowest BCUT2D eigenvalue weighted by molar-refractivity contribution is -0.0673. The molecule has 1 aliphatic rings. The fraction of sp³-hybridized carbons (Fsp3) is 0.222. The first-order valence-corrected chi connectivity index (χ1v) is 7.91. The Balaban J connectivity index is 1.99. The van der Waals surface area contributed by atoms with Crippen LogP contribution in [0, 0.1) is 0 Å². The molecule has 22 heavy (non-hydrogen) atoms. The number of halogens is 2. The number of hydrogen-bond donors (Lipinski definition) is 0. The fourth-order valence-corrected chi connectivity index (χ4v) is 2.66. The second-order valence-corrected chi connectivity index (χ2v) is 5.95. The van der Waals surface area contributed by atoms with Crippen molar-refractivity contribution in [2.45, 2.75) is 6.10 Å². The van der Waals surface area contributed by atoms with Gasteiger partial charge >= 0.3 is 0 Å². The standard InChI is InChI=1S/C18H16Cl2O2/c19-15-5-1-13(2-6-15)18(11-17-12-21-9-10-22-17)14-3-7-16(20)8-4-14/h1-8,11,17H,9-10,12H2. The molecule has 0 N–H and O–H groups in total. The van der Waals surface area contributed by atoms with Gasteiger partial charge in [0.2, 0.25) is 0 Å². The Bertz CT molecular complexity index is 594. The third-order valence-electron chi connectivity index (χ3n) is 3.50. The Labute approximate surface area is 140 Å². The average molecular weight is 335 g/mol.